The van der Waals surface area contributed by atoms with Crippen LogP contribution in [0.4, 0.5) is 4.39 Å². The van der Waals surface area contributed by atoms with Gasteiger partial charge in [0.05, 0.1) is 6.04 Å². The molecule has 0 bridgehead atoms. The summed E-state index contributed by atoms with van der Waals surface area (Å²) in [6.45, 7) is 6.62. The van der Waals surface area contributed by atoms with Crippen LogP contribution in [-0.4, -0.2) is 47.4 Å². The van der Waals surface area contributed by atoms with E-state index in [2.05, 4.69) is 11.4 Å². The van der Waals surface area contributed by atoms with E-state index in [0.29, 0.717) is 18.7 Å². The number of thiophene rings is 1. The number of halogens is 1. The third kappa shape index (κ3) is 5.14. The zero-order valence-corrected chi connectivity index (χ0v) is 20.5. The molecule has 3 aromatic rings. The van der Waals surface area contributed by atoms with Crippen LogP contribution in [0.25, 0.3) is 0 Å². The SMILES string of the molecule is Cc1ccccc1OC[C@H]1c2ccsc2CCN1C(=O)CN(C(=O)c1ccc(F)cc1)C(C)C. The molecular formula is C27H29FN2O3S. The summed E-state index contributed by atoms with van der Waals surface area (Å²) in [6, 6.07) is 14.9. The van der Waals surface area contributed by atoms with Gasteiger partial charge in [0.25, 0.3) is 5.91 Å². The Kier molecular flexibility index (Phi) is 7.32. The summed E-state index contributed by atoms with van der Waals surface area (Å²) in [7, 11) is 0. The number of hydrogen-bond donors (Lipinski definition) is 0. The van der Waals surface area contributed by atoms with Crippen LogP contribution < -0.4 is 4.74 Å². The number of aryl methyl sites for hydroxylation is 1. The van der Waals surface area contributed by atoms with E-state index in [9.17, 15) is 14.0 Å². The summed E-state index contributed by atoms with van der Waals surface area (Å²) in [6.07, 6.45) is 0.785. The standard InChI is InChI=1S/C27H29FN2O3S/c1-18(2)30(27(32)20-8-10-21(28)11-9-20)16-26(31)29-14-12-25-22(13-15-34-25)23(29)17-33-24-7-5-4-6-19(24)3/h4-11,13,15,18,23H,12,14,16-17H2,1-3H3/t23-/m0/s1. The number of fused-ring (bicyclic) bond motifs is 1. The topological polar surface area (TPSA) is 49.9 Å². The molecule has 2 amide bonds. The third-order valence-electron chi connectivity index (χ3n) is 6.19. The van der Waals surface area contributed by atoms with E-state index in [1.807, 2.05) is 49.9 Å². The molecule has 7 heteroatoms. The van der Waals surface area contributed by atoms with E-state index in [-0.39, 0.29) is 30.4 Å². The molecule has 1 aliphatic rings. The molecule has 4 rings (SSSR count). The average molecular weight is 481 g/mol. The summed E-state index contributed by atoms with van der Waals surface area (Å²) in [5.41, 5.74) is 2.51. The van der Waals surface area contributed by atoms with Gasteiger partial charge in [-0.25, -0.2) is 4.39 Å². The lowest BCUT2D eigenvalue weighted by Gasteiger charge is -2.37. The van der Waals surface area contributed by atoms with E-state index in [1.165, 1.54) is 34.0 Å². The Morgan fingerprint density at radius 3 is 2.59 bits per heavy atom. The van der Waals surface area contributed by atoms with Gasteiger partial charge in [0, 0.05) is 23.0 Å². The molecule has 34 heavy (non-hydrogen) atoms. The molecule has 0 spiro atoms. The number of para-hydroxylation sites is 1. The van der Waals surface area contributed by atoms with Gasteiger partial charge in [0.15, 0.2) is 0 Å². The number of rotatable bonds is 7. The van der Waals surface area contributed by atoms with Gasteiger partial charge in [0.1, 0.15) is 24.7 Å². The Morgan fingerprint density at radius 1 is 1.15 bits per heavy atom. The molecule has 5 nitrogen and oxygen atoms in total. The molecule has 0 saturated carbocycles. The first-order chi connectivity index (χ1) is 16.3. The quantitative estimate of drug-likeness (QED) is 0.464. The fraction of sp³-hybridized carbons (Fsp3) is 0.333. The molecule has 0 unspecified atom stereocenters. The van der Waals surface area contributed by atoms with Crippen molar-refractivity contribution < 1.29 is 18.7 Å². The van der Waals surface area contributed by atoms with Gasteiger partial charge in [-0.15, -0.1) is 11.3 Å². The van der Waals surface area contributed by atoms with Crippen LogP contribution in [-0.2, 0) is 11.2 Å². The van der Waals surface area contributed by atoms with E-state index in [1.54, 1.807) is 11.3 Å². The number of nitrogens with zero attached hydrogens (tertiary/aromatic N) is 2. The zero-order valence-electron chi connectivity index (χ0n) is 19.7. The van der Waals surface area contributed by atoms with Crippen molar-refractivity contribution in [2.45, 2.75) is 39.3 Å². The minimum atomic E-state index is -0.403. The molecule has 1 atom stereocenters. The highest BCUT2D eigenvalue weighted by molar-refractivity contribution is 7.10. The van der Waals surface area contributed by atoms with Crippen LogP contribution in [0.5, 0.6) is 5.75 Å². The molecule has 2 aromatic carbocycles. The van der Waals surface area contributed by atoms with Gasteiger partial charge in [-0.05, 0) is 80.1 Å². The minimum absolute atomic E-state index is 0.0474. The smallest absolute Gasteiger partial charge is 0.254 e. The molecule has 1 aliphatic heterocycles. The number of carbonyl (C=O) groups excluding carboxylic acids is 2. The largest absolute Gasteiger partial charge is 0.491 e. The predicted octanol–water partition coefficient (Wildman–Crippen LogP) is 5.25. The van der Waals surface area contributed by atoms with Crippen molar-refractivity contribution in [1.82, 2.24) is 9.80 Å². The fourth-order valence-corrected chi connectivity index (χ4v) is 5.17. The van der Waals surface area contributed by atoms with Crippen molar-refractivity contribution >= 4 is 23.2 Å². The predicted molar refractivity (Wildman–Crippen MR) is 132 cm³/mol. The van der Waals surface area contributed by atoms with Crippen molar-refractivity contribution in [3.05, 3.63) is 87.4 Å². The lowest BCUT2D eigenvalue weighted by atomic mass is 10.00. The summed E-state index contributed by atoms with van der Waals surface area (Å²) >= 11 is 1.70. The van der Waals surface area contributed by atoms with Crippen LogP contribution >= 0.6 is 11.3 Å². The summed E-state index contributed by atoms with van der Waals surface area (Å²) in [5.74, 6) is -0.0173. The molecule has 0 radical (unpaired) electrons. The first-order valence-corrected chi connectivity index (χ1v) is 12.3. The molecule has 0 fully saturated rings. The second-order valence-corrected chi connectivity index (χ2v) is 9.76. The van der Waals surface area contributed by atoms with Crippen LogP contribution in [0.15, 0.2) is 60.0 Å². The second-order valence-electron chi connectivity index (χ2n) is 8.76. The van der Waals surface area contributed by atoms with Crippen LogP contribution in [0.3, 0.4) is 0 Å². The second kappa shape index (κ2) is 10.4. The fourth-order valence-electron chi connectivity index (χ4n) is 4.25. The van der Waals surface area contributed by atoms with Crippen molar-refractivity contribution in [2.24, 2.45) is 0 Å². The van der Waals surface area contributed by atoms with Gasteiger partial charge in [-0.2, -0.15) is 0 Å². The van der Waals surface area contributed by atoms with Gasteiger partial charge in [-0.1, -0.05) is 18.2 Å². The molecule has 0 saturated heterocycles. The van der Waals surface area contributed by atoms with Gasteiger partial charge >= 0.3 is 0 Å². The molecule has 0 N–H and O–H groups in total. The Balaban J connectivity index is 1.54. The first-order valence-electron chi connectivity index (χ1n) is 11.5. The van der Waals surface area contributed by atoms with E-state index >= 15 is 0 Å². The lowest BCUT2D eigenvalue weighted by Crippen LogP contribution is -2.49. The third-order valence-corrected chi connectivity index (χ3v) is 7.18. The van der Waals surface area contributed by atoms with Crippen molar-refractivity contribution in [3.63, 3.8) is 0 Å². The van der Waals surface area contributed by atoms with Crippen LogP contribution in [0.1, 0.15) is 46.3 Å². The lowest BCUT2D eigenvalue weighted by molar-refractivity contribution is -0.136. The highest BCUT2D eigenvalue weighted by Crippen LogP contribution is 2.34. The summed E-state index contributed by atoms with van der Waals surface area (Å²) in [5, 5.41) is 2.05. The van der Waals surface area contributed by atoms with E-state index in [0.717, 1.165) is 23.3 Å². The van der Waals surface area contributed by atoms with E-state index < -0.39 is 5.82 Å². The Bertz CT molecular complexity index is 1160. The minimum Gasteiger partial charge on any atom is -0.491 e. The number of ether oxygens (including phenoxy) is 1. The molecule has 178 valence electrons. The number of carbonyl (C=O) groups is 2. The highest BCUT2D eigenvalue weighted by Gasteiger charge is 2.34. The van der Waals surface area contributed by atoms with Gasteiger partial charge < -0.3 is 14.5 Å². The molecule has 0 aliphatic carbocycles. The Labute approximate surface area is 203 Å². The maximum Gasteiger partial charge on any atom is 0.254 e. The van der Waals surface area contributed by atoms with E-state index in [4.69, 9.17) is 4.74 Å². The van der Waals surface area contributed by atoms with Crippen molar-refractivity contribution in [1.29, 1.82) is 0 Å². The Morgan fingerprint density at radius 2 is 1.88 bits per heavy atom. The zero-order chi connectivity index (χ0) is 24.2. The molecular weight excluding hydrogens is 451 g/mol. The normalized spacial score (nSPS) is 15.2. The number of amides is 2. The molecule has 2 heterocycles. The summed E-state index contributed by atoms with van der Waals surface area (Å²) in [4.78, 5) is 31.3. The van der Waals surface area contributed by atoms with Gasteiger partial charge in [0.2, 0.25) is 5.91 Å². The van der Waals surface area contributed by atoms with Crippen LogP contribution in [0.2, 0.25) is 0 Å². The first kappa shape index (κ1) is 24.0. The Hall–Kier alpha value is -3.19. The van der Waals surface area contributed by atoms with Crippen LogP contribution in [0, 0.1) is 12.7 Å². The number of benzene rings is 2. The molecule has 1 aromatic heterocycles. The highest BCUT2D eigenvalue weighted by atomic mass is 32.1. The monoisotopic (exact) mass is 480 g/mol. The van der Waals surface area contributed by atoms with Crippen molar-refractivity contribution in [2.75, 3.05) is 19.7 Å². The number of hydrogen-bond acceptors (Lipinski definition) is 4. The summed E-state index contributed by atoms with van der Waals surface area (Å²) < 4.78 is 19.5. The maximum atomic E-state index is 13.5. The van der Waals surface area contributed by atoms with Gasteiger partial charge in [-0.3, -0.25) is 9.59 Å². The maximum absolute atomic E-state index is 13.5. The average Bonchev–Trinajstić information content (AvgIpc) is 3.31. The van der Waals surface area contributed by atoms with Crippen molar-refractivity contribution in [3.8, 4) is 5.75 Å².